The smallest absolute Gasteiger partial charge is 0.295 e. The van der Waals surface area contributed by atoms with Crippen LogP contribution >= 0.6 is 0 Å². The van der Waals surface area contributed by atoms with Gasteiger partial charge in [-0.15, -0.1) is 0 Å². The highest BCUT2D eigenvalue weighted by Crippen LogP contribution is 2.43. The number of carbonyl (C=O) groups is 2. The summed E-state index contributed by atoms with van der Waals surface area (Å²) in [6.45, 7) is 5.59. The van der Waals surface area contributed by atoms with Crippen LogP contribution in [0.3, 0.4) is 0 Å². The third kappa shape index (κ3) is 4.42. The molecule has 37 heavy (non-hydrogen) atoms. The molecule has 0 aliphatic carbocycles. The molecule has 10 heteroatoms. The number of rotatable bonds is 7. The Labute approximate surface area is 214 Å². The first-order valence-electron chi connectivity index (χ1n) is 12.3. The number of nitrogens with one attached hydrogen (secondary N) is 1. The zero-order valence-corrected chi connectivity index (χ0v) is 21.2. The molecule has 1 amide bonds. The number of methoxy groups -OCH3 is 2. The fourth-order valence-electron chi connectivity index (χ4n) is 5.18. The van der Waals surface area contributed by atoms with E-state index in [9.17, 15) is 14.7 Å². The molecule has 194 valence electrons. The van der Waals surface area contributed by atoms with Crippen molar-refractivity contribution in [1.82, 2.24) is 14.3 Å². The van der Waals surface area contributed by atoms with E-state index in [1.165, 1.54) is 24.0 Å². The molecule has 4 heterocycles. The Hall–Kier alpha value is -3.89. The van der Waals surface area contributed by atoms with E-state index in [1.807, 2.05) is 6.07 Å². The Balaban J connectivity index is 1.67. The first kappa shape index (κ1) is 24.8. The van der Waals surface area contributed by atoms with E-state index in [2.05, 4.69) is 4.98 Å². The van der Waals surface area contributed by atoms with Crippen LogP contribution in [0.4, 0.5) is 0 Å². The zero-order chi connectivity index (χ0) is 26.1. The van der Waals surface area contributed by atoms with Crippen LogP contribution in [0, 0.1) is 6.92 Å². The lowest BCUT2D eigenvalue weighted by Gasteiger charge is -2.30. The summed E-state index contributed by atoms with van der Waals surface area (Å²) in [6.07, 6.45) is 1.73. The van der Waals surface area contributed by atoms with Gasteiger partial charge in [-0.1, -0.05) is 11.8 Å². The van der Waals surface area contributed by atoms with Crippen molar-refractivity contribution in [2.24, 2.45) is 0 Å². The number of imidazole rings is 1. The summed E-state index contributed by atoms with van der Waals surface area (Å²) >= 11 is 0. The minimum absolute atomic E-state index is 0.109. The molecule has 0 saturated carbocycles. The number of pyridine rings is 1. The van der Waals surface area contributed by atoms with E-state index in [4.69, 9.17) is 14.2 Å². The number of hydrogen-bond acceptors (Lipinski definition) is 7. The van der Waals surface area contributed by atoms with Crippen LogP contribution in [-0.2, 0) is 14.3 Å². The molecule has 5 rings (SSSR count). The van der Waals surface area contributed by atoms with E-state index < -0.39 is 23.5 Å². The number of morpholine rings is 1. The molecule has 0 spiro atoms. The van der Waals surface area contributed by atoms with E-state index in [0.717, 1.165) is 13.1 Å². The summed E-state index contributed by atoms with van der Waals surface area (Å²) in [5, 5.41) is 14.1. The highest BCUT2D eigenvalue weighted by Gasteiger charge is 2.46. The SMILES string of the molecule is COc1ccc(OC)c(C2/C(=C(\[O-])c3c(C)nc4ccccn34)C(=O)C(=O)N2CC[NH+]2CCOCC2)c1. The van der Waals surface area contributed by atoms with Gasteiger partial charge in [0.1, 0.15) is 30.2 Å². The van der Waals surface area contributed by atoms with E-state index in [0.29, 0.717) is 54.7 Å². The summed E-state index contributed by atoms with van der Waals surface area (Å²) < 4.78 is 18.2. The number of likely N-dealkylation sites (tertiary alicyclic amines) is 1. The van der Waals surface area contributed by atoms with Crippen LogP contribution in [-0.4, -0.2) is 79.6 Å². The Morgan fingerprint density at radius 2 is 1.95 bits per heavy atom. The Morgan fingerprint density at radius 3 is 2.68 bits per heavy atom. The molecule has 2 aliphatic heterocycles. The van der Waals surface area contributed by atoms with Gasteiger partial charge in [-0.05, 0) is 37.3 Å². The van der Waals surface area contributed by atoms with Gasteiger partial charge in [0.15, 0.2) is 0 Å². The number of ether oxygens (including phenoxy) is 3. The van der Waals surface area contributed by atoms with Crippen LogP contribution in [0.1, 0.15) is 23.0 Å². The molecule has 2 aromatic heterocycles. The minimum atomic E-state index is -0.924. The number of aromatic nitrogens is 2. The van der Waals surface area contributed by atoms with Gasteiger partial charge >= 0.3 is 0 Å². The van der Waals surface area contributed by atoms with Crippen molar-refractivity contribution in [3.05, 3.63) is 65.1 Å². The van der Waals surface area contributed by atoms with E-state index >= 15 is 0 Å². The molecule has 10 nitrogen and oxygen atoms in total. The van der Waals surface area contributed by atoms with Gasteiger partial charge in [0.05, 0.1) is 58.0 Å². The molecular formula is C27H30N4O6. The maximum Gasteiger partial charge on any atom is 0.295 e. The number of ketones is 1. The Morgan fingerprint density at radius 1 is 1.16 bits per heavy atom. The van der Waals surface area contributed by atoms with Crippen LogP contribution in [0.15, 0.2) is 48.2 Å². The van der Waals surface area contributed by atoms with Gasteiger partial charge in [-0.3, -0.25) is 9.59 Å². The quantitative estimate of drug-likeness (QED) is 0.269. The molecule has 2 aliphatic rings. The van der Waals surface area contributed by atoms with Gasteiger partial charge in [-0.25, -0.2) is 4.98 Å². The summed E-state index contributed by atoms with van der Waals surface area (Å²) in [6, 6.07) is 9.65. The van der Waals surface area contributed by atoms with Crippen molar-refractivity contribution >= 4 is 23.1 Å². The summed E-state index contributed by atoms with van der Waals surface area (Å²) in [7, 11) is 3.05. The molecule has 0 bridgehead atoms. The Kier molecular flexibility index (Phi) is 6.86. The fraction of sp³-hybridized carbons (Fsp3) is 0.370. The van der Waals surface area contributed by atoms with Crippen LogP contribution < -0.4 is 19.5 Å². The number of nitrogens with zero attached hydrogens (tertiary/aromatic N) is 3. The van der Waals surface area contributed by atoms with Crippen molar-refractivity contribution in [1.29, 1.82) is 0 Å². The third-order valence-corrected chi connectivity index (χ3v) is 7.09. The average molecular weight is 507 g/mol. The third-order valence-electron chi connectivity index (χ3n) is 7.09. The second kappa shape index (κ2) is 10.2. The van der Waals surface area contributed by atoms with Crippen molar-refractivity contribution in [3.8, 4) is 11.5 Å². The molecule has 1 N–H and O–H groups in total. The first-order valence-corrected chi connectivity index (χ1v) is 12.3. The van der Waals surface area contributed by atoms with Crippen molar-refractivity contribution in [2.45, 2.75) is 13.0 Å². The lowest BCUT2D eigenvalue weighted by molar-refractivity contribution is -0.907. The maximum atomic E-state index is 14.1. The normalized spacial score (nSPS) is 20.1. The van der Waals surface area contributed by atoms with E-state index in [1.54, 1.807) is 47.9 Å². The second-order valence-corrected chi connectivity index (χ2v) is 9.17. The molecule has 2 fully saturated rings. The predicted octanol–water partition coefficient (Wildman–Crippen LogP) is -0.201. The number of amides is 1. The lowest BCUT2D eigenvalue weighted by atomic mass is 9.95. The zero-order valence-electron chi connectivity index (χ0n) is 21.2. The first-order chi connectivity index (χ1) is 17.9. The van der Waals surface area contributed by atoms with Gasteiger partial charge in [0.2, 0.25) is 5.78 Å². The molecule has 1 unspecified atom stereocenters. The van der Waals surface area contributed by atoms with Crippen LogP contribution in [0.5, 0.6) is 11.5 Å². The monoisotopic (exact) mass is 506 g/mol. The molecule has 2 saturated heterocycles. The number of aryl methyl sites for hydroxylation is 1. The van der Waals surface area contributed by atoms with Crippen molar-refractivity contribution < 1.29 is 33.8 Å². The molecule has 1 aromatic carbocycles. The standard InChI is InChI=1S/C27H30N4O6/c1-17-23(30-9-5-4-6-21(30)28-17)25(32)22-24(19-16-18(35-2)7-8-20(19)36-3)31(27(34)26(22)33)11-10-29-12-14-37-15-13-29/h4-9,16,24,32H,10-15H2,1-3H3/b25-22+. The molecule has 1 atom stereocenters. The number of hydrogen-bond donors (Lipinski definition) is 1. The van der Waals surface area contributed by atoms with Gasteiger partial charge < -0.3 is 33.5 Å². The average Bonchev–Trinajstić information content (AvgIpc) is 3.39. The summed E-state index contributed by atoms with van der Waals surface area (Å²) in [5.74, 6) is -1.04. The highest BCUT2D eigenvalue weighted by molar-refractivity contribution is 6.46. The molecule has 3 aromatic rings. The van der Waals surface area contributed by atoms with Crippen molar-refractivity contribution in [2.75, 3.05) is 53.6 Å². The van der Waals surface area contributed by atoms with Gasteiger partial charge in [0, 0.05) is 17.3 Å². The van der Waals surface area contributed by atoms with Crippen molar-refractivity contribution in [3.63, 3.8) is 0 Å². The molecular weight excluding hydrogens is 476 g/mol. The largest absolute Gasteiger partial charge is 0.871 e. The summed E-state index contributed by atoms with van der Waals surface area (Å²) in [4.78, 5) is 34.2. The van der Waals surface area contributed by atoms with Crippen LogP contribution in [0.2, 0.25) is 0 Å². The predicted molar refractivity (Wildman–Crippen MR) is 132 cm³/mol. The number of fused-ring (bicyclic) bond motifs is 1. The fourth-order valence-corrected chi connectivity index (χ4v) is 5.18. The maximum absolute atomic E-state index is 14.1. The lowest BCUT2D eigenvalue weighted by Crippen LogP contribution is -3.14. The minimum Gasteiger partial charge on any atom is -0.871 e. The summed E-state index contributed by atoms with van der Waals surface area (Å²) in [5.41, 5.74) is 1.75. The van der Waals surface area contributed by atoms with Crippen LogP contribution in [0.25, 0.3) is 11.4 Å². The number of quaternary nitrogens is 1. The van der Waals surface area contributed by atoms with E-state index in [-0.39, 0.29) is 11.3 Å². The second-order valence-electron chi connectivity index (χ2n) is 9.17. The topological polar surface area (TPSA) is 110 Å². The Bertz CT molecular complexity index is 1370. The number of benzene rings is 1. The number of Topliss-reactive ketones (excluding diaryl/α,β-unsaturated/α-hetero) is 1. The number of carbonyl (C=O) groups excluding carboxylic acids is 2. The molecule has 0 radical (unpaired) electrons. The highest BCUT2D eigenvalue weighted by atomic mass is 16.5. The van der Waals surface area contributed by atoms with Gasteiger partial charge in [0.25, 0.3) is 5.91 Å². The van der Waals surface area contributed by atoms with Gasteiger partial charge in [-0.2, -0.15) is 0 Å².